The van der Waals surface area contributed by atoms with Gasteiger partial charge in [-0.2, -0.15) is 0 Å². The molecule has 32 heavy (non-hydrogen) atoms. The van der Waals surface area contributed by atoms with Gasteiger partial charge in [-0.25, -0.2) is 9.97 Å². The summed E-state index contributed by atoms with van der Waals surface area (Å²) in [6.45, 7) is 0. The fourth-order valence-corrected chi connectivity index (χ4v) is 4.93. The Kier molecular flexibility index (Phi) is 4.43. The van der Waals surface area contributed by atoms with Gasteiger partial charge in [0, 0.05) is 28.1 Å². The SMILES string of the molecule is [2H]c1ccc(Sc2cccc(-c3ccc4c5ccccc5n(-c5ccccn5)c4c3)c2)nc1. The van der Waals surface area contributed by atoms with E-state index in [0.29, 0.717) is 6.04 Å². The van der Waals surface area contributed by atoms with Crippen LogP contribution in [0, 0.1) is 0 Å². The number of rotatable bonds is 4. The molecule has 0 saturated heterocycles. The molecule has 0 N–H and O–H groups in total. The number of hydrogen-bond donors (Lipinski definition) is 0. The molecule has 3 heterocycles. The lowest BCUT2D eigenvalue weighted by Crippen LogP contribution is -1.96. The number of pyridine rings is 2. The van der Waals surface area contributed by atoms with Gasteiger partial charge in [0.2, 0.25) is 0 Å². The van der Waals surface area contributed by atoms with Gasteiger partial charge in [-0.15, -0.1) is 0 Å². The highest BCUT2D eigenvalue weighted by Crippen LogP contribution is 2.35. The number of benzene rings is 3. The number of fused-ring (bicyclic) bond motifs is 3. The molecule has 0 amide bonds. The normalized spacial score (nSPS) is 11.7. The topological polar surface area (TPSA) is 30.7 Å². The maximum Gasteiger partial charge on any atom is 0.137 e. The Bertz CT molecular complexity index is 1590. The molecule has 3 aromatic heterocycles. The highest BCUT2D eigenvalue weighted by molar-refractivity contribution is 7.99. The number of hydrogen-bond acceptors (Lipinski definition) is 3. The zero-order valence-corrected chi connectivity index (χ0v) is 18.0. The molecular weight excluding hydrogens is 410 g/mol. The van der Waals surface area contributed by atoms with E-state index in [0.717, 1.165) is 37.9 Å². The zero-order chi connectivity index (χ0) is 22.2. The molecule has 6 aromatic rings. The fourth-order valence-electron chi connectivity index (χ4n) is 4.11. The van der Waals surface area contributed by atoms with E-state index in [2.05, 4.69) is 81.3 Å². The van der Waals surface area contributed by atoms with Crippen molar-refractivity contribution in [1.29, 1.82) is 0 Å². The van der Waals surface area contributed by atoms with Gasteiger partial charge in [-0.1, -0.05) is 66.4 Å². The predicted molar refractivity (Wildman–Crippen MR) is 132 cm³/mol. The minimum absolute atomic E-state index is 0.421. The molecule has 0 fully saturated rings. The van der Waals surface area contributed by atoms with Crippen molar-refractivity contribution in [2.24, 2.45) is 0 Å². The third kappa shape index (κ3) is 3.35. The van der Waals surface area contributed by atoms with E-state index in [1.165, 1.54) is 10.8 Å². The molecule has 0 atom stereocenters. The van der Waals surface area contributed by atoms with E-state index in [4.69, 9.17) is 1.37 Å². The second kappa shape index (κ2) is 7.98. The number of aromatic nitrogens is 3. The summed E-state index contributed by atoms with van der Waals surface area (Å²) in [6.07, 6.45) is 3.42. The van der Waals surface area contributed by atoms with E-state index >= 15 is 0 Å². The highest BCUT2D eigenvalue weighted by atomic mass is 32.2. The molecule has 0 aliphatic carbocycles. The van der Waals surface area contributed by atoms with Crippen LogP contribution < -0.4 is 0 Å². The van der Waals surface area contributed by atoms with Crippen LogP contribution in [0.4, 0.5) is 0 Å². The highest BCUT2D eigenvalue weighted by Gasteiger charge is 2.13. The Hall–Kier alpha value is -3.89. The van der Waals surface area contributed by atoms with E-state index in [-0.39, 0.29) is 0 Å². The smallest absolute Gasteiger partial charge is 0.137 e. The second-order valence-electron chi connectivity index (χ2n) is 7.50. The summed E-state index contributed by atoms with van der Waals surface area (Å²) in [4.78, 5) is 10.1. The predicted octanol–water partition coefficient (Wildman–Crippen LogP) is 7.39. The van der Waals surface area contributed by atoms with Crippen molar-refractivity contribution < 1.29 is 1.37 Å². The maximum absolute atomic E-state index is 7.63. The Balaban J connectivity index is 1.48. The average Bonchev–Trinajstić information content (AvgIpc) is 3.20. The summed E-state index contributed by atoms with van der Waals surface area (Å²) < 4.78 is 9.86. The molecule has 152 valence electrons. The summed E-state index contributed by atoms with van der Waals surface area (Å²) in [5.41, 5.74) is 4.59. The molecule has 3 aromatic carbocycles. The quantitative estimate of drug-likeness (QED) is 0.292. The third-order valence-corrected chi connectivity index (χ3v) is 6.47. The van der Waals surface area contributed by atoms with Crippen molar-refractivity contribution in [1.82, 2.24) is 14.5 Å². The van der Waals surface area contributed by atoms with Gasteiger partial charge in [0.25, 0.3) is 0 Å². The molecule has 4 heteroatoms. The van der Waals surface area contributed by atoms with Gasteiger partial charge in [-0.3, -0.25) is 4.57 Å². The Morgan fingerprint density at radius 2 is 1.53 bits per heavy atom. The Labute approximate surface area is 191 Å². The summed E-state index contributed by atoms with van der Waals surface area (Å²) >= 11 is 1.60. The van der Waals surface area contributed by atoms with Crippen LogP contribution in [0.25, 0.3) is 38.8 Å². The molecule has 0 bridgehead atoms. The summed E-state index contributed by atoms with van der Waals surface area (Å²) in [5.74, 6) is 0.911. The fraction of sp³-hybridized carbons (Fsp3) is 0. The van der Waals surface area contributed by atoms with Crippen LogP contribution in [0.1, 0.15) is 1.37 Å². The van der Waals surface area contributed by atoms with Gasteiger partial charge >= 0.3 is 0 Å². The van der Waals surface area contributed by atoms with Crippen LogP contribution in [0.3, 0.4) is 0 Å². The lowest BCUT2D eigenvalue weighted by atomic mass is 10.0. The third-order valence-electron chi connectivity index (χ3n) is 5.53. The van der Waals surface area contributed by atoms with E-state index in [1.807, 2.05) is 30.5 Å². The van der Waals surface area contributed by atoms with Gasteiger partial charge in [0.05, 0.1) is 12.4 Å². The van der Waals surface area contributed by atoms with Gasteiger partial charge in [0.15, 0.2) is 0 Å². The molecule has 6 rings (SSSR count). The molecule has 0 unspecified atom stereocenters. The minimum atomic E-state index is 0.421. The lowest BCUT2D eigenvalue weighted by molar-refractivity contribution is 1.08. The first-order valence-electron chi connectivity index (χ1n) is 10.9. The molecular formula is C28H19N3S. The monoisotopic (exact) mass is 430 g/mol. The summed E-state index contributed by atoms with van der Waals surface area (Å²) in [5, 5.41) is 3.32. The van der Waals surface area contributed by atoms with Crippen molar-refractivity contribution in [3.8, 4) is 16.9 Å². The van der Waals surface area contributed by atoms with Crippen molar-refractivity contribution >= 4 is 33.6 Å². The van der Waals surface area contributed by atoms with E-state index in [9.17, 15) is 0 Å². The van der Waals surface area contributed by atoms with E-state index in [1.54, 1.807) is 24.0 Å². The van der Waals surface area contributed by atoms with Crippen molar-refractivity contribution in [2.45, 2.75) is 9.92 Å². The number of nitrogens with zero attached hydrogens (tertiary/aromatic N) is 3. The molecule has 0 radical (unpaired) electrons. The van der Waals surface area contributed by atoms with Crippen molar-refractivity contribution in [3.05, 3.63) is 115 Å². The summed E-state index contributed by atoms with van der Waals surface area (Å²) in [6, 6.07) is 33.7. The first kappa shape index (κ1) is 17.8. The van der Waals surface area contributed by atoms with Crippen LogP contribution in [0.2, 0.25) is 0 Å². The lowest BCUT2D eigenvalue weighted by Gasteiger charge is -2.09. The summed E-state index contributed by atoms with van der Waals surface area (Å²) in [7, 11) is 0. The van der Waals surface area contributed by atoms with Gasteiger partial charge in [0.1, 0.15) is 10.8 Å². The van der Waals surface area contributed by atoms with Crippen molar-refractivity contribution in [2.75, 3.05) is 0 Å². The number of para-hydroxylation sites is 1. The first-order chi connectivity index (χ1) is 16.3. The largest absolute Gasteiger partial charge is 0.294 e. The molecule has 0 aliphatic heterocycles. The van der Waals surface area contributed by atoms with Crippen LogP contribution in [-0.2, 0) is 0 Å². The molecule has 0 spiro atoms. The standard InChI is InChI=1S/C28H19N3S/c1-2-11-25-23(10-1)24-15-14-21(19-26(24)31(25)27-12-3-5-16-29-27)20-8-7-9-22(18-20)32-28-13-4-6-17-30-28/h1-19H/i6D. The van der Waals surface area contributed by atoms with Crippen molar-refractivity contribution in [3.63, 3.8) is 0 Å². The van der Waals surface area contributed by atoms with Crippen LogP contribution in [0.15, 0.2) is 125 Å². The van der Waals surface area contributed by atoms with Crippen LogP contribution in [0.5, 0.6) is 0 Å². The maximum atomic E-state index is 7.63. The molecule has 0 saturated carbocycles. The van der Waals surface area contributed by atoms with Gasteiger partial charge in [-0.05, 0) is 59.6 Å². The molecule has 3 nitrogen and oxygen atoms in total. The zero-order valence-electron chi connectivity index (χ0n) is 18.1. The molecule has 0 aliphatic rings. The average molecular weight is 431 g/mol. The van der Waals surface area contributed by atoms with Gasteiger partial charge < -0.3 is 0 Å². The first-order valence-corrected chi connectivity index (χ1v) is 11.2. The van der Waals surface area contributed by atoms with Crippen LogP contribution >= 0.6 is 11.8 Å². The second-order valence-corrected chi connectivity index (χ2v) is 8.59. The Morgan fingerprint density at radius 3 is 2.41 bits per heavy atom. The minimum Gasteiger partial charge on any atom is -0.294 e. The van der Waals surface area contributed by atoms with Crippen LogP contribution in [-0.4, -0.2) is 14.5 Å². The van der Waals surface area contributed by atoms with E-state index < -0.39 is 0 Å². The Morgan fingerprint density at radius 1 is 0.656 bits per heavy atom.